The van der Waals surface area contributed by atoms with E-state index in [4.69, 9.17) is 0 Å². The van der Waals surface area contributed by atoms with Crippen LogP contribution in [0.4, 0.5) is 0 Å². The summed E-state index contributed by atoms with van der Waals surface area (Å²) in [6.45, 7) is 2.04. The summed E-state index contributed by atoms with van der Waals surface area (Å²) in [5, 5.41) is 12.0. The van der Waals surface area contributed by atoms with Crippen LogP contribution in [0.5, 0.6) is 5.88 Å². The van der Waals surface area contributed by atoms with E-state index < -0.39 is 0 Å². The highest BCUT2D eigenvalue weighted by Crippen LogP contribution is 2.10. The molecule has 2 rings (SSSR count). The first kappa shape index (κ1) is 11.0. The molecule has 0 aliphatic carbocycles. The maximum atomic E-state index is 12.0. The van der Waals surface area contributed by atoms with Gasteiger partial charge in [-0.2, -0.15) is 4.40 Å². The molecule has 5 heteroatoms. The van der Waals surface area contributed by atoms with Crippen molar-refractivity contribution in [2.75, 3.05) is 0 Å². The van der Waals surface area contributed by atoms with Crippen molar-refractivity contribution in [1.29, 1.82) is 0 Å². The minimum atomic E-state index is -0.222. The van der Waals surface area contributed by atoms with E-state index in [0.717, 1.165) is 24.2 Å². The zero-order valence-electron chi connectivity index (χ0n) is 8.97. The van der Waals surface area contributed by atoms with Crippen LogP contribution in [0.3, 0.4) is 0 Å². The highest BCUT2D eigenvalue weighted by atomic mass is 32.1. The number of nitrogens with zero attached hydrogens (tertiary/aromatic N) is 2. The number of aromatic nitrogens is 2. The molecule has 0 fully saturated rings. The van der Waals surface area contributed by atoms with Crippen LogP contribution >= 0.6 is 11.3 Å². The Morgan fingerprint density at radius 2 is 2.38 bits per heavy atom. The number of hydrogen-bond donors (Lipinski definition) is 0. The highest BCUT2D eigenvalue weighted by molar-refractivity contribution is 7.14. The van der Waals surface area contributed by atoms with E-state index >= 15 is 0 Å². The van der Waals surface area contributed by atoms with Crippen molar-refractivity contribution in [3.63, 3.8) is 0 Å². The topological polar surface area (TPSA) is 57.1 Å². The molecule has 84 valence electrons. The lowest BCUT2D eigenvalue weighted by atomic mass is 10.1. The molecule has 2 heterocycles. The monoisotopic (exact) mass is 236 g/mol. The average molecular weight is 236 g/mol. The zero-order chi connectivity index (χ0) is 11.5. The summed E-state index contributed by atoms with van der Waals surface area (Å²) >= 11 is 1.03. The molecule has 0 amide bonds. The number of hydrogen-bond acceptors (Lipinski definition) is 4. The lowest BCUT2D eigenvalue weighted by molar-refractivity contribution is -0.585. The fraction of sp³-hybridized carbons (Fsp3) is 0.364. The molecule has 0 spiro atoms. The van der Waals surface area contributed by atoms with Crippen LogP contribution in [0.25, 0.3) is 4.96 Å². The summed E-state index contributed by atoms with van der Waals surface area (Å²) < 4.78 is 1.29. The molecule has 0 N–H and O–H groups in total. The van der Waals surface area contributed by atoms with Gasteiger partial charge in [0, 0.05) is 11.6 Å². The molecule has 0 saturated carbocycles. The smallest absolute Gasteiger partial charge is 0.389 e. The first-order valence-corrected chi connectivity index (χ1v) is 6.05. The van der Waals surface area contributed by atoms with Crippen LogP contribution in [-0.2, 0) is 6.42 Å². The summed E-state index contributed by atoms with van der Waals surface area (Å²) in [5.74, 6) is -0.222. The fourth-order valence-electron chi connectivity index (χ4n) is 1.53. The SMILES string of the molecule is CCCCc1c([O-])[n+]2cccnc2sc1=O. The lowest BCUT2D eigenvalue weighted by Gasteiger charge is -2.09. The van der Waals surface area contributed by atoms with Gasteiger partial charge < -0.3 is 5.11 Å². The molecular formula is C11H12N2O2S. The molecule has 0 radical (unpaired) electrons. The Bertz CT molecular complexity index is 565. The van der Waals surface area contributed by atoms with Gasteiger partial charge in [0.25, 0.3) is 0 Å². The van der Waals surface area contributed by atoms with Gasteiger partial charge in [-0.05, 0) is 29.2 Å². The summed E-state index contributed by atoms with van der Waals surface area (Å²) in [4.78, 5) is 16.2. The largest absolute Gasteiger partial charge is 0.842 e. The van der Waals surface area contributed by atoms with Crippen molar-refractivity contribution in [1.82, 2.24) is 4.98 Å². The molecule has 16 heavy (non-hydrogen) atoms. The molecule has 2 aromatic heterocycles. The van der Waals surface area contributed by atoms with Gasteiger partial charge in [-0.1, -0.05) is 13.3 Å². The molecule has 2 aromatic rings. The normalized spacial score (nSPS) is 10.8. The van der Waals surface area contributed by atoms with Gasteiger partial charge in [-0.15, -0.1) is 0 Å². The second-order valence-corrected chi connectivity index (χ2v) is 4.49. The van der Waals surface area contributed by atoms with Gasteiger partial charge in [0.1, 0.15) is 12.4 Å². The lowest BCUT2D eigenvalue weighted by Crippen LogP contribution is -2.31. The number of fused-ring (bicyclic) bond motifs is 1. The maximum absolute atomic E-state index is 12.0. The minimum absolute atomic E-state index is 0.155. The Kier molecular flexibility index (Phi) is 3.14. The molecule has 0 aromatic carbocycles. The van der Waals surface area contributed by atoms with Crippen molar-refractivity contribution in [3.8, 4) is 5.88 Å². The van der Waals surface area contributed by atoms with E-state index in [1.807, 2.05) is 6.92 Å². The fourth-order valence-corrected chi connectivity index (χ4v) is 2.36. The first-order chi connectivity index (χ1) is 7.74. The van der Waals surface area contributed by atoms with Crippen molar-refractivity contribution in [2.45, 2.75) is 26.2 Å². The van der Waals surface area contributed by atoms with E-state index in [1.165, 1.54) is 4.40 Å². The molecule has 4 nitrogen and oxygen atoms in total. The van der Waals surface area contributed by atoms with Gasteiger partial charge >= 0.3 is 4.96 Å². The third kappa shape index (κ3) is 1.90. The Labute approximate surface area is 96.8 Å². The number of rotatable bonds is 3. The van der Waals surface area contributed by atoms with E-state index in [-0.39, 0.29) is 10.6 Å². The molecule has 0 aliphatic rings. The third-order valence-electron chi connectivity index (χ3n) is 2.40. The Balaban J connectivity index is 2.61. The molecule has 0 unspecified atom stereocenters. The first-order valence-electron chi connectivity index (χ1n) is 5.23. The zero-order valence-corrected chi connectivity index (χ0v) is 9.79. The maximum Gasteiger partial charge on any atom is 0.389 e. The van der Waals surface area contributed by atoms with Gasteiger partial charge in [0.05, 0.1) is 5.88 Å². The van der Waals surface area contributed by atoms with Gasteiger partial charge in [0.2, 0.25) is 4.74 Å². The standard InChI is InChI=1S/C11H12N2O2S/c1-2-3-5-8-9(14)13-7-4-6-12-11(13)16-10(8)15/h4,6-7H,2-3,5H2,1H3. The van der Waals surface area contributed by atoms with Crippen LogP contribution in [0.1, 0.15) is 25.3 Å². The molecule has 0 bridgehead atoms. The quantitative estimate of drug-likeness (QED) is 0.735. The van der Waals surface area contributed by atoms with E-state index in [9.17, 15) is 9.90 Å². The Hall–Kier alpha value is -1.49. The second kappa shape index (κ2) is 4.57. The van der Waals surface area contributed by atoms with Crippen LogP contribution in [0.15, 0.2) is 23.3 Å². The molecule has 0 saturated heterocycles. The summed E-state index contributed by atoms with van der Waals surface area (Å²) in [7, 11) is 0. The summed E-state index contributed by atoms with van der Waals surface area (Å²) in [6.07, 6.45) is 5.62. The van der Waals surface area contributed by atoms with E-state index in [1.54, 1.807) is 18.5 Å². The summed E-state index contributed by atoms with van der Waals surface area (Å²) in [5.41, 5.74) is 0.386. The highest BCUT2D eigenvalue weighted by Gasteiger charge is 2.11. The van der Waals surface area contributed by atoms with Gasteiger partial charge in [-0.3, -0.25) is 4.79 Å². The summed E-state index contributed by atoms with van der Waals surface area (Å²) in [6, 6.07) is 1.69. The number of unbranched alkanes of at least 4 members (excludes halogenated alkanes) is 1. The third-order valence-corrected chi connectivity index (χ3v) is 3.32. The van der Waals surface area contributed by atoms with E-state index in [0.29, 0.717) is 16.9 Å². The van der Waals surface area contributed by atoms with Crippen LogP contribution < -0.4 is 14.2 Å². The minimum Gasteiger partial charge on any atom is -0.842 e. The van der Waals surface area contributed by atoms with Crippen molar-refractivity contribution in [2.24, 2.45) is 0 Å². The van der Waals surface area contributed by atoms with E-state index in [2.05, 4.69) is 4.98 Å². The Morgan fingerprint density at radius 1 is 1.56 bits per heavy atom. The van der Waals surface area contributed by atoms with Crippen LogP contribution in [-0.4, -0.2) is 4.98 Å². The molecule has 0 aliphatic heterocycles. The van der Waals surface area contributed by atoms with Crippen molar-refractivity contribution < 1.29 is 9.51 Å². The predicted octanol–water partition coefficient (Wildman–Crippen LogP) is 0.658. The predicted molar refractivity (Wildman–Crippen MR) is 59.6 cm³/mol. The van der Waals surface area contributed by atoms with Crippen LogP contribution in [0, 0.1) is 0 Å². The second-order valence-electron chi connectivity index (χ2n) is 3.55. The van der Waals surface area contributed by atoms with Crippen LogP contribution in [0.2, 0.25) is 0 Å². The van der Waals surface area contributed by atoms with Crippen molar-refractivity contribution in [3.05, 3.63) is 33.6 Å². The molecular weight excluding hydrogens is 224 g/mol. The van der Waals surface area contributed by atoms with Gasteiger partial charge in [-0.25, -0.2) is 0 Å². The van der Waals surface area contributed by atoms with Crippen molar-refractivity contribution >= 4 is 16.3 Å². The van der Waals surface area contributed by atoms with Gasteiger partial charge in [0.15, 0.2) is 0 Å². The average Bonchev–Trinajstić information content (AvgIpc) is 2.29. The Morgan fingerprint density at radius 3 is 3.12 bits per heavy atom. The molecule has 0 atom stereocenters.